The van der Waals surface area contributed by atoms with E-state index in [9.17, 15) is 9.59 Å². The number of benzene rings is 2. The van der Waals surface area contributed by atoms with E-state index in [-0.39, 0.29) is 18.2 Å². The summed E-state index contributed by atoms with van der Waals surface area (Å²) >= 11 is 0. The van der Waals surface area contributed by atoms with E-state index in [0.29, 0.717) is 19.0 Å². The lowest BCUT2D eigenvalue weighted by Crippen LogP contribution is -2.43. The highest BCUT2D eigenvalue weighted by Crippen LogP contribution is 2.36. The third kappa shape index (κ3) is 4.11. The highest BCUT2D eigenvalue weighted by atomic mass is 16.5. The third-order valence-electron chi connectivity index (χ3n) is 6.14. The van der Waals surface area contributed by atoms with Gasteiger partial charge in [-0.2, -0.15) is 0 Å². The van der Waals surface area contributed by atoms with Crippen LogP contribution in [0.1, 0.15) is 18.0 Å². The highest BCUT2D eigenvalue weighted by Gasteiger charge is 2.40. The predicted octanol–water partition coefficient (Wildman–Crippen LogP) is 1.96. The van der Waals surface area contributed by atoms with Crippen molar-refractivity contribution in [3.05, 3.63) is 60.2 Å². The lowest BCUT2D eigenvalue weighted by Gasteiger charge is -2.28. The van der Waals surface area contributed by atoms with Gasteiger partial charge >= 0.3 is 0 Å². The van der Waals surface area contributed by atoms with Gasteiger partial charge in [-0.15, -0.1) is 0 Å². The second-order valence-electron chi connectivity index (χ2n) is 8.20. The lowest BCUT2D eigenvalue weighted by molar-refractivity contribution is -0.127. The van der Waals surface area contributed by atoms with E-state index in [0.717, 1.165) is 49.4 Å². The van der Waals surface area contributed by atoms with Crippen molar-refractivity contribution in [3.63, 3.8) is 0 Å². The number of aromatic nitrogens is 2. The first-order chi connectivity index (χ1) is 15.7. The molecule has 166 valence electrons. The summed E-state index contributed by atoms with van der Waals surface area (Å²) in [6, 6.07) is 17.0. The van der Waals surface area contributed by atoms with Gasteiger partial charge in [-0.05, 0) is 17.7 Å². The van der Waals surface area contributed by atoms with Crippen LogP contribution in [0.25, 0.3) is 11.0 Å². The van der Waals surface area contributed by atoms with E-state index in [1.165, 1.54) is 0 Å². The Bertz CT molecular complexity index is 1110. The number of carbonyl (C=O) groups excluding carboxylic acids is 2. The molecule has 0 aliphatic carbocycles. The summed E-state index contributed by atoms with van der Waals surface area (Å²) in [4.78, 5) is 34.9. The number of para-hydroxylation sites is 2. The zero-order chi connectivity index (χ0) is 21.9. The Morgan fingerprint density at radius 1 is 1.03 bits per heavy atom. The summed E-state index contributed by atoms with van der Waals surface area (Å²) in [5, 5.41) is 2.95. The molecule has 0 saturated carbocycles. The Morgan fingerprint density at radius 2 is 1.78 bits per heavy atom. The van der Waals surface area contributed by atoms with Crippen molar-refractivity contribution in [3.8, 4) is 0 Å². The predicted molar refractivity (Wildman–Crippen MR) is 121 cm³/mol. The Labute approximate surface area is 186 Å². The molecule has 1 N–H and O–H groups in total. The number of anilines is 1. The van der Waals surface area contributed by atoms with Crippen LogP contribution in [0.4, 0.5) is 5.95 Å². The minimum Gasteiger partial charge on any atom is -0.379 e. The quantitative estimate of drug-likeness (QED) is 0.616. The van der Waals surface area contributed by atoms with Crippen molar-refractivity contribution in [2.24, 2.45) is 0 Å². The smallest absolute Gasteiger partial charge is 0.253 e. The largest absolute Gasteiger partial charge is 0.379 e. The van der Waals surface area contributed by atoms with Crippen molar-refractivity contribution in [1.82, 2.24) is 19.8 Å². The number of morpholine rings is 1. The van der Waals surface area contributed by atoms with Gasteiger partial charge in [0, 0.05) is 32.7 Å². The molecule has 1 unspecified atom stereocenters. The van der Waals surface area contributed by atoms with E-state index < -0.39 is 6.04 Å². The van der Waals surface area contributed by atoms with E-state index in [4.69, 9.17) is 9.72 Å². The van der Waals surface area contributed by atoms with Crippen LogP contribution in [0.15, 0.2) is 54.6 Å². The molecule has 1 saturated heterocycles. The second-order valence-corrected chi connectivity index (χ2v) is 8.20. The average Bonchev–Trinajstić information content (AvgIpc) is 3.32. The second kappa shape index (κ2) is 9.10. The third-order valence-corrected chi connectivity index (χ3v) is 6.14. The van der Waals surface area contributed by atoms with Crippen LogP contribution in [-0.4, -0.2) is 65.7 Å². The van der Waals surface area contributed by atoms with Gasteiger partial charge in [-0.3, -0.25) is 24.0 Å². The molecule has 8 nitrogen and oxygen atoms in total. The van der Waals surface area contributed by atoms with Crippen molar-refractivity contribution < 1.29 is 14.3 Å². The maximum atomic E-state index is 13.4. The number of hydrogen-bond donors (Lipinski definition) is 1. The number of nitrogens with one attached hydrogen (secondary N) is 1. The van der Waals surface area contributed by atoms with Gasteiger partial charge in [0.2, 0.25) is 11.9 Å². The molecule has 2 aliphatic heterocycles. The standard InChI is InChI=1S/C24H27N5O3/c30-22(25-17-18-6-2-1-3-7-18)16-21-23(31)28(11-10-27-12-14-32-15-13-27)24-26-19-8-4-5-9-20(19)29(21)24/h1-9,21H,10-17H2,(H,25,30). The molecule has 32 heavy (non-hydrogen) atoms. The van der Waals surface area contributed by atoms with Gasteiger partial charge in [0.15, 0.2) is 0 Å². The number of nitrogens with zero attached hydrogens (tertiary/aromatic N) is 4. The number of amides is 2. The van der Waals surface area contributed by atoms with E-state index >= 15 is 0 Å². The molecule has 8 heteroatoms. The molecule has 5 rings (SSSR count). The molecule has 2 amide bonds. The molecule has 2 aromatic carbocycles. The Morgan fingerprint density at radius 3 is 2.59 bits per heavy atom. The molecule has 0 radical (unpaired) electrons. The molecule has 0 spiro atoms. The number of rotatable bonds is 7. The fourth-order valence-electron chi connectivity index (χ4n) is 4.42. The maximum Gasteiger partial charge on any atom is 0.253 e. The summed E-state index contributed by atoms with van der Waals surface area (Å²) in [6.45, 7) is 4.91. The van der Waals surface area contributed by atoms with Crippen LogP contribution < -0.4 is 10.2 Å². The maximum absolute atomic E-state index is 13.4. The molecule has 1 atom stereocenters. The highest BCUT2D eigenvalue weighted by molar-refractivity contribution is 6.03. The summed E-state index contributed by atoms with van der Waals surface area (Å²) < 4.78 is 7.35. The summed E-state index contributed by atoms with van der Waals surface area (Å²) in [5.41, 5.74) is 2.74. The van der Waals surface area contributed by atoms with Gasteiger partial charge in [0.05, 0.1) is 30.7 Å². The molecule has 1 aromatic heterocycles. The van der Waals surface area contributed by atoms with Crippen molar-refractivity contribution in [1.29, 1.82) is 0 Å². The van der Waals surface area contributed by atoms with Crippen molar-refractivity contribution in [2.45, 2.75) is 19.0 Å². The fraction of sp³-hybridized carbons (Fsp3) is 0.375. The van der Waals surface area contributed by atoms with Crippen LogP contribution in [-0.2, 0) is 20.9 Å². The van der Waals surface area contributed by atoms with Crippen LogP contribution in [0.5, 0.6) is 0 Å². The normalized spacial score (nSPS) is 18.8. The molecule has 1 fully saturated rings. The summed E-state index contributed by atoms with van der Waals surface area (Å²) in [6.07, 6.45) is 0.0904. The van der Waals surface area contributed by atoms with Crippen LogP contribution in [0.2, 0.25) is 0 Å². The number of ether oxygens (including phenoxy) is 1. The molecule has 3 heterocycles. The van der Waals surface area contributed by atoms with Gasteiger partial charge < -0.3 is 10.1 Å². The van der Waals surface area contributed by atoms with Crippen LogP contribution >= 0.6 is 0 Å². The van der Waals surface area contributed by atoms with E-state index in [1.807, 2.05) is 59.2 Å². The lowest BCUT2D eigenvalue weighted by atomic mass is 10.1. The van der Waals surface area contributed by atoms with Gasteiger partial charge in [-0.1, -0.05) is 42.5 Å². The Hall–Kier alpha value is -3.23. The number of fused-ring (bicyclic) bond motifs is 3. The summed E-state index contributed by atoms with van der Waals surface area (Å²) in [5.74, 6) is 0.414. The monoisotopic (exact) mass is 433 g/mol. The van der Waals surface area contributed by atoms with E-state index in [2.05, 4.69) is 10.2 Å². The van der Waals surface area contributed by atoms with Crippen molar-refractivity contribution in [2.75, 3.05) is 44.3 Å². The SMILES string of the molecule is O=C(CC1C(=O)N(CCN2CCOCC2)c2nc3ccccc3n21)NCc1ccccc1. The Balaban J connectivity index is 1.34. The van der Waals surface area contributed by atoms with E-state index in [1.54, 1.807) is 4.90 Å². The first-order valence-corrected chi connectivity index (χ1v) is 11.1. The van der Waals surface area contributed by atoms with Gasteiger partial charge in [-0.25, -0.2) is 4.98 Å². The van der Waals surface area contributed by atoms with Gasteiger partial charge in [0.25, 0.3) is 5.91 Å². The minimum absolute atomic E-state index is 0.0682. The zero-order valence-electron chi connectivity index (χ0n) is 17.9. The van der Waals surface area contributed by atoms with Crippen LogP contribution in [0, 0.1) is 0 Å². The van der Waals surface area contributed by atoms with Gasteiger partial charge in [0.1, 0.15) is 6.04 Å². The average molecular weight is 434 g/mol. The number of hydrogen-bond acceptors (Lipinski definition) is 5. The first kappa shape index (κ1) is 20.7. The topological polar surface area (TPSA) is 79.7 Å². The molecule has 0 bridgehead atoms. The molecule has 2 aliphatic rings. The molecule has 3 aromatic rings. The number of imidazole rings is 1. The minimum atomic E-state index is -0.585. The first-order valence-electron chi connectivity index (χ1n) is 11.1. The summed E-state index contributed by atoms with van der Waals surface area (Å²) in [7, 11) is 0. The van der Waals surface area contributed by atoms with Crippen LogP contribution in [0.3, 0.4) is 0 Å². The van der Waals surface area contributed by atoms with Crippen molar-refractivity contribution >= 4 is 28.8 Å². The number of carbonyl (C=O) groups is 2. The zero-order valence-corrected chi connectivity index (χ0v) is 17.9. The fourth-order valence-corrected chi connectivity index (χ4v) is 4.42. The Kier molecular flexibility index (Phi) is 5.87. The molecular weight excluding hydrogens is 406 g/mol. The molecular formula is C24H27N5O3.